The zero-order valence-electron chi connectivity index (χ0n) is 13.9. The van der Waals surface area contributed by atoms with E-state index in [0.29, 0.717) is 6.04 Å². The van der Waals surface area contributed by atoms with E-state index in [2.05, 4.69) is 27.7 Å². The molecular weight excluding hydrogens is 391 g/mol. The Kier molecular flexibility index (Phi) is 8.82. The molecule has 22 heavy (non-hydrogen) atoms. The lowest BCUT2D eigenvalue weighted by Gasteiger charge is -2.24. The van der Waals surface area contributed by atoms with Gasteiger partial charge in [-0.25, -0.2) is 0 Å². The fraction of sp³-hybridized carbons (Fsp3) is 0.750. The molecule has 1 aromatic rings. The standard InChI is InChI=1S/C16H28N4O.HI/c1-4-17-16(19-14-8-6-5-7-9-14)18-11-10-15-12(2)20-21-13(15)3;/h14H,4-11H2,1-3H3,(H2,17,18,19);1H. The first-order valence-corrected chi connectivity index (χ1v) is 8.17. The molecule has 2 rings (SSSR count). The lowest BCUT2D eigenvalue weighted by Crippen LogP contribution is -2.44. The van der Waals surface area contributed by atoms with Crippen molar-refractivity contribution in [3.63, 3.8) is 0 Å². The number of halogens is 1. The van der Waals surface area contributed by atoms with E-state index in [-0.39, 0.29) is 24.0 Å². The molecule has 1 heterocycles. The molecule has 0 aliphatic heterocycles. The summed E-state index contributed by atoms with van der Waals surface area (Å²) < 4.78 is 5.19. The van der Waals surface area contributed by atoms with E-state index in [9.17, 15) is 0 Å². The lowest BCUT2D eigenvalue weighted by atomic mass is 9.96. The van der Waals surface area contributed by atoms with Crippen molar-refractivity contribution in [1.82, 2.24) is 15.8 Å². The van der Waals surface area contributed by atoms with Crippen molar-refractivity contribution in [3.05, 3.63) is 17.0 Å². The van der Waals surface area contributed by atoms with Crippen molar-refractivity contribution in [2.45, 2.75) is 65.3 Å². The van der Waals surface area contributed by atoms with Crippen LogP contribution in [-0.4, -0.2) is 30.2 Å². The van der Waals surface area contributed by atoms with Gasteiger partial charge in [0.25, 0.3) is 0 Å². The van der Waals surface area contributed by atoms with Gasteiger partial charge in [-0.3, -0.25) is 4.99 Å². The molecular formula is C16H29IN4O. The molecule has 0 spiro atoms. The highest BCUT2D eigenvalue weighted by atomic mass is 127. The SMILES string of the molecule is CCNC(=NCCc1c(C)noc1C)NC1CCCCC1.I. The van der Waals surface area contributed by atoms with Crippen LogP contribution in [0.1, 0.15) is 56.0 Å². The van der Waals surface area contributed by atoms with Crippen molar-refractivity contribution in [3.8, 4) is 0 Å². The van der Waals surface area contributed by atoms with Gasteiger partial charge in [0, 0.05) is 24.7 Å². The zero-order chi connectivity index (χ0) is 15.1. The average molecular weight is 420 g/mol. The van der Waals surface area contributed by atoms with Crippen LogP contribution >= 0.6 is 24.0 Å². The summed E-state index contributed by atoms with van der Waals surface area (Å²) in [5.41, 5.74) is 2.17. The van der Waals surface area contributed by atoms with Gasteiger partial charge in [-0.1, -0.05) is 24.4 Å². The van der Waals surface area contributed by atoms with Gasteiger partial charge in [-0.15, -0.1) is 24.0 Å². The summed E-state index contributed by atoms with van der Waals surface area (Å²) in [6.07, 6.45) is 7.43. The molecule has 1 saturated carbocycles. The van der Waals surface area contributed by atoms with Gasteiger partial charge in [0.15, 0.2) is 5.96 Å². The summed E-state index contributed by atoms with van der Waals surface area (Å²) in [4.78, 5) is 4.69. The number of aryl methyl sites for hydroxylation is 2. The Morgan fingerprint density at radius 1 is 1.27 bits per heavy atom. The smallest absolute Gasteiger partial charge is 0.191 e. The topological polar surface area (TPSA) is 62.5 Å². The number of aromatic nitrogens is 1. The Morgan fingerprint density at radius 3 is 2.59 bits per heavy atom. The van der Waals surface area contributed by atoms with Gasteiger partial charge in [0.05, 0.1) is 5.69 Å². The number of nitrogens with zero attached hydrogens (tertiary/aromatic N) is 2. The van der Waals surface area contributed by atoms with Gasteiger partial charge in [0.1, 0.15) is 5.76 Å². The number of rotatable bonds is 5. The second kappa shape index (κ2) is 10.1. The molecule has 126 valence electrons. The number of nitrogens with one attached hydrogen (secondary N) is 2. The third kappa shape index (κ3) is 5.78. The molecule has 1 aromatic heterocycles. The highest BCUT2D eigenvalue weighted by Gasteiger charge is 2.14. The van der Waals surface area contributed by atoms with E-state index in [1.54, 1.807) is 0 Å². The van der Waals surface area contributed by atoms with Crippen molar-refractivity contribution in [1.29, 1.82) is 0 Å². The van der Waals surface area contributed by atoms with Gasteiger partial charge in [-0.2, -0.15) is 0 Å². The number of guanidine groups is 1. The summed E-state index contributed by atoms with van der Waals surface area (Å²) in [5.74, 6) is 1.85. The highest BCUT2D eigenvalue weighted by molar-refractivity contribution is 14.0. The molecule has 1 aliphatic carbocycles. The van der Waals surface area contributed by atoms with Gasteiger partial charge in [0.2, 0.25) is 0 Å². The van der Waals surface area contributed by atoms with E-state index in [4.69, 9.17) is 4.52 Å². The Bertz CT molecular complexity index is 447. The van der Waals surface area contributed by atoms with E-state index in [1.165, 1.54) is 37.7 Å². The molecule has 5 nitrogen and oxygen atoms in total. The van der Waals surface area contributed by atoms with Crippen LogP contribution in [0.2, 0.25) is 0 Å². The maximum Gasteiger partial charge on any atom is 0.191 e. The van der Waals surface area contributed by atoms with Crippen LogP contribution in [0.25, 0.3) is 0 Å². The van der Waals surface area contributed by atoms with Crippen LogP contribution in [0.5, 0.6) is 0 Å². The van der Waals surface area contributed by atoms with Crippen LogP contribution < -0.4 is 10.6 Å². The predicted octanol–water partition coefficient (Wildman–Crippen LogP) is 3.34. The van der Waals surface area contributed by atoms with Crippen molar-refractivity contribution in [2.24, 2.45) is 4.99 Å². The molecule has 0 saturated heterocycles. The number of hydrogen-bond acceptors (Lipinski definition) is 3. The average Bonchev–Trinajstić information content (AvgIpc) is 2.80. The van der Waals surface area contributed by atoms with E-state index in [1.807, 2.05) is 13.8 Å². The van der Waals surface area contributed by atoms with Crippen LogP contribution in [0.4, 0.5) is 0 Å². The molecule has 1 fully saturated rings. The lowest BCUT2D eigenvalue weighted by molar-refractivity contribution is 0.392. The van der Waals surface area contributed by atoms with Crippen LogP contribution in [0, 0.1) is 13.8 Å². The molecule has 6 heteroatoms. The quantitative estimate of drug-likeness (QED) is 0.436. The minimum atomic E-state index is 0. The first-order valence-electron chi connectivity index (χ1n) is 8.17. The molecule has 0 bridgehead atoms. The maximum absolute atomic E-state index is 5.19. The van der Waals surface area contributed by atoms with E-state index in [0.717, 1.165) is 36.9 Å². The van der Waals surface area contributed by atoms with E-state index < -0.39 is 0 Å². The van der Waals surface area contributed by atoms with Crippen LogP contribution in [0.15, 0.2) is 9.52 Å². The molecule has 0 atom stereocenters. The highest BCUT2D eigenvalue weighted by Crippen LogP contribution is 2.17. The monoisotopic (exact) mass is 420 g/mol. The van der Waals surface area contributed by atoms with Gasteiger partial charge < -0.3 is 15.2 Å². The summed E-state index contributed by atoms with van der Waals surface area (Å²) in [6.45, 7) is 7.70. The second-order valence-corrected chi connectivity index (χ2v) is 5.79. The Labute approximate surface area is 150 Å². The van der Waals surface area contributed by atoms with Crippen molar-refractivity contribution in [2.75, 3.05) is 13.1 Å². The fourth-order valence-electron chi connectivity index (χ4n) is 2.90. The zero-order valence-corrected chi connectivity index (χ0v) is 16.3. The Balaban J connectivity index is 0.00000242. The summed E-state index contributed by atoms with van der Waals surface area (Å²) in [6, 6.07) is 0.579. The summed E-state index contributed by atoms with van der Waals surface area (Å²) in [5, 5.41) is 10.9. The first-order chi connectivity index (χ1) is 10.2. The van der Waals surface area contributed by atoms with Gasteiger partial charge >= 0.3 is 0 Å². The number of aliphatic imine (C=N–C) groups is 1. The minimum absolute atomic E-state index is 0. The van der Waals surface area contributed by atoms with Gasteiger partial charge in [-0.05, 0) is 40.0 Å². The Morgan fingerprint density at radius 2 is 2.00 bits per heavy atom. The predicted molar refractivity (Wildman–Crippen MR) is 101 cm³/mol. The molecule has 0 aromatic carbocycles. The fourth-order valence-corrected chi connectivity index (χ4v) is 2.90. The number of hydrogen-bond donors (Lipinski definition) is 2. The third-order valence-corrected chi connectivity index (χ3v) is 4.10. The van der Waals surface area contributed by atoms with Crippen molar-refractivity contribution < 1.29 is 4.52 Å². The van der Waals surface area contributed by atoms with E-state index >= 15 is 0 Å². The summed E-state index contributed by atoms with van der Waals surface area (Å²) in [7, 11) is 0. The first kappa shape index (κ1) is 19.3. The van der Waals surface area contributed by atoms with Crippen LogP contribution in [-0.2, 0) is 6.42 Å². The third-order valence-electron chi connectivity index (χ3n) is 4.10. The summed E-state index contributed by atoms with van der Waals surface area (Å²) >= 11 is 0. The maximum atomic E-state index is 5.19. The molecule has 0 amide bonds. The molecule has 0 radical (unpaired) electrons. The molecule has 0 unspecified atom stereocenters. The minimum Gasteiger partial charge on any atom is -0.361 e. The van der Waals surface area contributed by atoms with Crippen molar-refractivity contribution >= 4 is 29.9 Å². The van der Waals surface area contributed by atoms with Crippen LogP contribution in [0.3, 0.4) is 0 Å². The molecule has 1 aliphatic rings. The molecule has 2 N–H and O–H groups in total. The largest absolute Gasteiger partial charge is 0.361 e. The Hall–Kier alpha value is -0.790. The second-order valence-electron chi connectivity index (χ2n) is 5.79. The normalized spacial score (nSPS) is 16.2.